The zero-order chi connectivity index (χ0) is 18.1. The van der Waals surface area contributed by atoms with Crippen LogP contribution in [0.1, 0.15) is 25.5 Å². The summed E-state index contributed by atoms with van der Waals surface area (Å²) in [6.07, 6.45) is 1.44. The summed E-state index contributed by atoms with van der Waals surface area (Å²) in [6, 6.07) is 3.14. The molecule has 0 aliphatic carbocycles. The number of carbonyl (C=O) groups excluding carboxylic acids is 1. The average Bonchev–Trinajstić information content (AvgIpc) is 3.06. The van der Waals surface area contributed by atoms with E-state index in [0.717, 1.165) is 11.3 Å². The Hall–Kier alpha value is -3.03. The number of aromatic nitrogens is 3. The van der Waals surface area contributed by atoms with Crippen molar-refractivity contribution in [3.05, 3.63) is 35.3 Å². The first-order valence-electron chi connectivity index (χ1n) is 7.70. The maximum absolute atomic E-state index is 12.3. The number of rotatable bonds is 5. The number of carbonyl (C=O) groups is 1. The lowest BCUT2D eigenvalue weighted by atomic mass is 9.92. The second-order valence-corrected chi connectivity index (χ2v) is 5.57. The summed E-state index contributed by atoms with van der Waals surface area (Å²) in [6.45, 7) is 3.37. The van der Waals surface area contributed by atoms with Gasteiger partial charge in [-0.05, 0) is 26.0 Å². The minimum Gasteiger partial charge on any atom is -0.493 e. The van der Waals surface area contributed by atoms with Crippen LogP contribution in [0.25, 0.3) is 0 Å². The Morgan fingerprint density at radius 1 is 1.16 bits per heavy atom. The van der Waals surface area contributed by atoms with Gasteiger partial charge in [0, 0.05) is 16.8 Å². The maximum atomic E-state index is 12.3. The number of methoxy groups -OCH3 is 3. The van der Waals surface area contributed by atoms with E-state index in [9.17, 15) is 4.79 Å². The van der Waals surface area contributed by atoms with Gasteiger partial charge in [-0.2, -0.15) is 10.1 Å². The van der Waals surface area contributed by atoms with E-state index in [1.807, 2.05) is 13.0 Å². The molecular weight excluding hydrogens is 324 g/mol. The molecule has 1 aromatic heterocycles. The molecule has 0 unspecified atom stereocenters. The molecule has 1 N–H and O–H groups in total. The highest BCUT2D eigenvalue weighted by Crippen LogP contribution is 2.46. The van der Waals surface area contributed by atoms with E-state index in [0.29, 0.717) is 28.8 Å². The zero-order valence-electron chi connectivity index (χ0n) is 14.8. The van der Waals surface area contributed by atoms with Crippen molar-refractivity contribution in [2.75, 3.05) is 26.6 Å². The van der Waals surface area contributed by atoms with Gasteiger partial charge in [-0.3, -0.25) is 4.79 Å². The van der Waals surface area contributed by atoms with Gasteiger partial charge < -0.3 is 19.5 Å². The van der Waals surface area contributed by atoms with E-state index in [2.05, 4.69) is 15.4 Å². The van der Waals surface area contributed by atoms with E-state index in [-0.39, 0.29) is 5.78 Å². The van der Waals surface area contributed by atoms with Crippen LogP contribution in [0, 0.1) is 0 Å². The minimum absolute atomic E-state index is 0.0620. The van der Waals surface area contributed by atoms with Crippen molar-refractivity contribution in [2.24, 2.45) is 0 Å². The highest BCUT2D eigenvalue weighted by Gasteiger charge is 2.35. The molecule has 132 valence electrons. The van der Waals surface area contributed by atoms with E-state index in [4.69, 9.17) is 14.2 Å². The third-order valence-corrected chi connectivity index (χ3v) is 4.20. The van der Waals surface area contributed by atoms with Crippen LogP contribution in [-0.4, -0.2) is 41.9 Å². The highest BCUT2D eigenvalue weighted by molar-refractivity contribution is 5.96. The molecule has 0 fully saturated rings. The van der Waals surface area contributed by atoms with Gasteiger partial charge in [0.1, 0.15) is 12.4 Å². The first kappa shape index (κ1) is 16.8. The van der Waals surface area contributed by atoms with Crippen LogP contribution in [0.4, 0.5) is 5.95 Å². The Morgan fingerprint density at radius 3 is 2.48 bits per heavy atom. The van der Waals surface area contributed by atoms with Crippen LogP contribution in [0.5, 0.6) is 17.2 Å². The number of fused-ring (bicyclic) bond motifs is 1. The van der Waals surface area contributed by atoms with Crippen LogP contribution in [0.15, 0.2) is 29.7 Å². The number of ketones is 1. The Kier molecular flexibility index (Phi) is 4.35. The lowest BCUT2D eigenvalue weighted by molar-refractivity contribution is -0.114. The summed E-state index contributed by atoms with van der Waals surface area (Å²) in [5.74, 6) is 1.99. The number of nitrogens with zero attached hydrogens (tertiary/aromatic N) is 3. The average molecular weight is 344 g/mol. The monoisotopic (exact) mass is 344 g/mol. The van der Waals surface area contributed by atoms with Gasteiger partial charge in [0.2, 0.25) is 11.7 Å². The number of anilines is 1. The summed E-state index contributed by atoms with van der Waals surface area (Å²) in [5, 5.41) is 7.40. The molecular formula is C17H20N4O4. The van der Waals surface area contributed by atoms with Crippen molar-refractivity contribution in [3.8, 4) is 17.2 Å². The van der Waals surface area contributed by atoms with Crippen LogP contribution >= 0.6 is 0 Å². The van der Waals surface area contributed by atoms with Crippen LogP contribution < -0.4 is 19.5 Å². The fraction of sp³-hybridized carbons (Fsp3) is 0.353. The number of benzene rings is 1. The normalized spacial score (nSPS) is 16.1. The van der Waals surface area contributed by atoms with Crippen molar-refractivity contribution in [3.63, 3.8) is 0 Å². The topological polar surface area (TPSA) is 87.5 Å². The predicted octanol–water partition coefficient (Wildman–Crippen LogP) is 2.18. The summed E-state index contributed by atoms with van der Waals surface area (Å²) >= 11 is 0. The maximum Gasteiger partial charge on any atom is 0.226 e. The van der Waals surface area contributed by atoms with Crippen molar-refractivity contribution in [1.82, 2.24) is 14.8 Å². The van der Waals surface area contributed by atoms with E-state index >= 15 is 0 Å². The summed E-state index contributed by atoms with van der Waals surface area (Å²) in [7, 11) is 4.65. The van der Waals surface area contributed by atoms with Gasteiger partial charge in [-0.15, -0.1) is 0 Å². The largest absolute Gasteiger partial charge is 0.493 e. The molecule has 8 nitrogen and oxygen atoms in total. The predicted molar refractivity (Wildman–Crippen MR) is 91.3 cm³/mol. The molecule has 8 heteroatoms. The molecule has 1 aliphatic heterocycles. The van der Waals surface area contributed by atoms with Gasteiger partial charge in [-0.25, -0.2) is 4.68 Å². The molecule has 0 amide bonds. The highest BCUT2D eigenvalue weighted by atomic mass is 16.5. The molecule has 0 spiro atoms. The zero-order valence-corrected chi connectivity index (χ0v) is 14.8. The molecule has 1 aliphatic rings. The van der Waals surface area contributed by atoms with Crippen LogP contribution in [0.2, 0.25) is 0 Å². The Labute approximate surface area is 145 Å². The molecule has 0 radical (unpaired) electrons. The van der Waals surface area contributed by atoms with Gasteiger partial charge in [0.15, 0.2) is 17.3 Å². The molecule has 1 atom stereocenters. The second-order valence-electron chi connectivity index (χ2n) is 5.57. The van der Waals surface area contributed by atoms with Gasteiger partial charge in [0.25, 0.3) is 0 Å². The molecule has 2 aromatic rings. The first-order chi connectivity index (χ1) is 12.0. The van der Waals surface area contributed by atoms with E-state index in [1.165, 1.54) is 13.3 Å². The quantitative estimate of drug-likeness (QED) is 0.889. The Morgan fingerprint density at radius 2 is 1.88 bits per heavy atom. The smallest absolute Gasteiger partial charge is 0.226 e. The minimum atomic E-state index is -0.481. The third-order valence-electron chi connectivity index (χ3n) is 4.20. The summed E-state index contributed by atoms with van der Waals surface area (Å²) in [4.78, 5) is 16.6. The number of ether oxygens (including phenoxy) is 3. The Bertz CT molecular complexity index is 856. The second kappa shape index (κ2) is 6.46. The van der Waals surface area contributed by atoms with Crippen molar-refractivity contribution in [2.45, 2.75) is 19.9 Å². The number of allylic oxidation sites excluding steroid dienone is 2. The molecule has 1 aromatic carbocycles. The number of hydrogen-bond acceptors (Lipinski definition) is 7. The molecule has 0 bridgehead atoms. The molecule has 3 rings (SSSR count). The first-order valence-corrected chi connectivity index (χ1v) is 7.70. The molecule has 0 saturated carbocycles. The lowest BCUT2D eigenvalue weighted by Crippen LogP contribution is -2.28. The molecule has 25 heavy (non-hydrogen) atoms. The molecule has 2 heterocycles. The number of nitrogens with one attached hydrogen (secondary N) is 1. The standard InChI is InChI=1S/C17H20N4O4/c1-9-13(10(2)22)14(21-17(20-9)18-8-19-21)11-6-7-12(23-3)16(25-5)15(11)24-4/h6-8,14H,1-5H3,(H,18,19,20)/t14-/m1/s1. The number of Topliss-reactive ketones (excluding diaryl/α,β-unsaturated/α-hetero) is 1. The van der Waals surface area contributed by atoms with Crippen LogP contribution in [-0.2, 0) is 4.79 Å². The van der Waals surface area contributed by atoms with Gasteiger partial charge in [0.05, 0.1) is 21.3 Å². The van der Waals surface area contributed by atoms with Crippen LogP contribution in [0.3, 0.4) is 0 Å². The van der Waals surface area contributed by atoms with E-state index in [1.54, 1.807) is 32.1 Å². The lowest BCUT2D eigenvalue weighted by Gasteiger charge is -2.29. The molecule has 0 saturated heterocycles. The SMILES string of the molecule is COc1ccc([C@@H]2C(C(C)=O)=C(C)Nc3ncnn32)c(OC)c1OC. The fourth-order valence-electron chi connectivity index (χ4n) is 3.17. The number of hydrogen-bond donors (Lipinski definition) is 1. The van der Waals surface area contributed by atoms with Gasteiger partial charge in [-0.1, -0.05) is 0 Å². The van der Waals surface area contributed by atoms with Crippen molar-refractivity contribution < 1.29 is 19.0 Å². The summed E-state index contributed by atoms with van der Waals surface area (Å²) in [5.41, 5.74) is 2.05. The third kappa shape index (κ3) is 2.59. The fourth-order valence-corrected chi connectivity index (χ4v) is 3.17. The van der Waals surface area contributed by atoms with Gasteiger partial charge >= 0.3 is 0 Å². The van der Waals surface area contributed by atoms with Crippen molar-refractivity contribution >= 4 is 11.7 Å². The Balaban J connectivity index is 2.29. The van der Waals surface area contributed by atoms with E-state index < -0.39 is 6.04 Å². The summed E-state index contributed by atoms with van der Waals surface area (Å²) < 4.78 is 18.1. The van der Waals surface area contributed by atoms with Crippen molar-refractivity contribution in [1.29, 1.82) is 0 Å².